The second-order valence-corrected chi connectivity index (χ2v) is 6.25. The molecule has 0 radical (unpaired) electrons. The second kappa shape index (κ2) is 3.59. The molecule has 1 aromatic heterocycles. The van der Waals surface area contributed by atoms with Crippen molar-refractivity contribution in [2.75, 3.05) is 11.9 Å². The van der Waals surface area contributed by atoms with Crippen LogP contribution in [0, 0.1) is 5.41 Å². The molecule has 2 heterocycles. The zero-order valence-electron chi connectivity index (χ0n) is 11.2. The molecule has 1 N–H and O–H groups in total. The van der Waals surface area contributed by atoms with E-state index in [0.29, 0.717) is 17.2 Å². The van der Waals surface area contributed by atoms with Crippen molar-refractivity contribution in [2.45, 2.75) is 32.6 Å². The Bertz CT molecular complexity index is 645. The van der Waals surface area contributed by atoms with Gasteiger partial charge in [-0.2, -0.15) is 4.98 Å². The van der Waals surface area contributed by atoms with Crippen molar-refractivity contribution in [3.8, 4) is 11.5 Å². The van der Waals surface area contributed by atoms with Gasteiger partial charge in [0.05, 0.1) is 0 Å². The molecule has 1 unspecified atom stereocenters. The van der Waals surface area contributed by atoms with Crippen LogP contribution < -0.4 is 5.32 Å². The highest BCUT2D eigenvalue weighted by Gasteiger charge is 2.49. The maximum atomic E-state index is 5.42. The van der Waals surface area contributed by atoms with Crippen LogP contribution in [-0.4, -0.2) is 16.7 Å². The Hall–Kier alpha value is -1.84. The number of benzene rings is 1. The van der Waals surface area contributed by atoms with Crippen molar-refractivity contribution in [1.29, 1.82) is 0 Å². The Morgan fingerprint density at radius 3 is 3.00 bits per heavy atom. The Balaban J connectivity index is 1.66. The SMILES string of the molecule is CC1(C)CC1c1noc(-c2ccc3c(c2)CCN3)n1. The van der Waals surface area contributed by atoms with Crippen LogP contribution >= 0.6 is 0 Å². The van der Waals surface area contributed by atoms with Gasteiger partial charge in [-0.15, -0.1) is 0 Å². The van der Waals surface area contributed by atoms with Gasteiger partial charge in [0.15, 0.2) is 5.82 Å². The Kier molecular flexibility index (Phi) is 2.08. The number of fused-ring (bicyclic) bond motifs is 1. The van der Waals surface area contributed by atoms with Gasteiger partial charge < -0.3 is 9.84 Å². The van der Waals surface area contributed by atoms with Gasteiger partial charge in [-0.05, 0) is 42.0 Å². The lowest BCUT2D eigenvalue weighted by atomic mass is 10.1. The summed E-state index contributed by atoms with van der Waals surface area (Å²) < 4.78 is 5.42. The normalized spacial score (nSPS) is 22.9. The highest BCUT2D eigenvalue weighted by Crippen LogP contribution is 2.57. The highest BCUT2D eigenvalue weighted by molar-refractivity contribution is 5.65. The zero-order chi connectivity index (χ0) is 13.0. The maximum absolute atomic E-state index is 5.42. The number of rotatable bonds is 2. The molecule has 1 aliphatic heterocycles. The number of nitrogens with zero attached hydrogens (tertiary/aromatic N) is 2. The van der Waals surface area contributed by atoms with Crippen molar-refractivity contribution in [3.05, 3.63) is 29.6 Å². The molecule has 1 aliphatic carbocycles. The molecule has 1 aromatic carbocycles. The van der Waals surface area contributed by atoms with Gasteiger partial charge in [0.2, 0.25) is 0 Å². The molecule has 1 saturated carbocycles. The van der Waals surface area contributed by atoms with E-state index in [2.05, 4.69) is 41.4 Å². The molecule has 0 bridgehead atoms. The number of aromatic nitrogens is 2. The monoisotopic (exact) mass is 255 g/mol. The average molecular weight is 255 g/mol. The fraction of sp³-hybridized carbons (Fsp3) is 0.467. The average Bonchev–Trinajstić information content (AvgIpc) is 2.84. The third-order valence-electron chi connectivity index (χ3n) is 4.33. The highest BCUT2D eigenvalue weighted by atomic mass is 16.5. The summed E-state index contributed by atoms with van der Waals surface area (Å²) in [5.74, 6) is 1.96. The third-order valence-corrected chi connectivity index (χ3v) is 4.33. The lowest BCUT2D eigenvalue weighted by molar-refractivity contribution is 0.419. The van der Waals surface area contributed by atoms with Crippen molar-refractivity contribution < 1.29 is 4.52 Å². The largest absolute Gasteiger partial charge is 0.384 e. The number of nitrogens with one attached hydrogen (secondary N) is 1. The van der Waals surface area contributed by atoms with Gasteiger partial charge in [0.1, 0.15) is 0 Å². The van der Waals surface area contributed by atoms with Crippen LogP contribution in [-0.2, 0) is 6.42 Å². The van der Waals surface area contributed by atoms with E-state index in [1.165, 1.54) is 11.3 Å². The fourth-order valence-electron chi connectivity index (χ4n) is 2.84. The van der Waals surface area contributed by atoms with Crippen LogP contribution in [0.5, 0.6) is 0 Å². The van der Waals surface area contributed by atoms with E-state index in [9.17, 15) is 0 Å². The van der Waals surface area contributed by atoms with Gasteiger partial charge >= 0.3 is 0 Å². The van der Waals surface area contributed by atoms with E-state index in [0.717, 1.165) is 30.8 Å². The van der Waals surface area contributed by atoms with Crippen LogP contribution in [0.3, 0.4) is 0 Å². The summed E-state index contributed by atoms with van der Waals surface area (Å²) in [5, 5.41) is 7.50. The van der Waals surface area contributed by atoms with Crippen LogP contribution in [0.4, 0.5) is 5.69 Å². The fourth-order valence-corrected chi connectivity index (χ4v) is 2.84. The summed E-state index contributed by atoms with van der Waals surface area (Å²) in [7, 11) is 0. The molecule has 4 heteroatoms. The minimum atomic E-state index is 0.336. The molecule has 4 nitrogen and oxygen atoms in total. The molecule has 1 atom stereocenters. The summed E-state index contributed by atoms with van der Waals surface area (Å²) in [4.78, 5) is 4.57. The van der Waals surface area contributed by atoms with Crippen molar-refractivity contribution in [3.63, 3.8) is 0 Å². The van der Waals surface area contributed by atoms with E-state index < -0.39 is 0 Å². The Morgan fingerprint density at radius 1 is 1.37 bits per heavy atom. The predicted molar refractivity (Wildman–Crippen MR) is 73.1 cm³/mol. The van der Waals surface area contributed by atoms with E-state index in [1.54, 1.807) is 0 Å². The molecule has 0 saturated heterocycles. The van der Waals surface area contributed by atoms with Crippen LogP contribution in [0.25, 0.3) is 11.5 Å². The number of hydrogen-bond donors (Lipinski definition) is 1. The van der Waals surface area contributed by atoms with Crippen LogP contribution in [0.2, 0.25) is 0 Å². The van der Waals surface area contributed by atoms with Crippen molar-refractivity contribution in [2.24, 2.45) is 5.41 Å². The maximum Gasteiger partial charge on any atom is 0.257 e. The molecule has 1 fully saturated rings. The van der Waals surface area contributed by atoms with Gasteiger partial charge in [-0.3, -0.25) is 0 Å². The van der Waals surface area contributed by atoms with Gasteiger partial charge in [0, 0.05) is 23.7 Å². The summed E-state index contributed by atoms with van der Waals surface area (Å²) in [5.41, 5.74) is 3.93. The molecular formula is C15H17N3O. The first-order valence-electron chi connectivity index (χ1n) is 6.84. The molecule has 4 rings (SSSR count). The molecule has 19 heavy (non-hydrogen) atoms. The first-order chi connectivity index (χ1) is 9.13. The van der Waals surface area contributed by atoms with E-state index in [-0.39, 0.29) is 0 Å². The Labute approximate surface area is 112 Å². The summed E-state index contributed by atoms with van der Waals surface area (Å²) in [6, 6.07) is 6.31. The summed E-state index contributed by atoms with van der Waals surface area (Å²) >= 11 is 0. The van der Waals surface area contributed by atoms with Gasteiger partial charge in [-0.1, -0.05) is 19.0 Å². The molecule has 98 valence electrons. The molecular weight excluding hydrogens is 238 g/mol. The van der Waals surface area contributed by atoms with Crippen LogP contribution in [0.1, 0.15) is 37.6 Å². The molecule has 2 aliphatic rings. The standard InChI is InChI=1S/C15H17N3O/c1-15(2)8-11(15)13-17-14(19-18-13)10-3-4-12-9(7-10)5-6-16-12/h3-4,7,11,16H,5-6,8H2,1-2H3. The van der Waals surface area contributed by atoms with Crippen LogP contribution in [0.15, 0.2) is 22.7 Å². The second-order valence-electron chi connectivity index (χ2n) is 6.25. The molecule has 2 aromatic rings. The minimum absolute atomic E-state index is 0.336. The smallest absolute Gasteiger partial charge is 0.257 e. The first-order valence-corrected chi connectivity index (χ1v) is 6.84. The molecule has 0 amide bonds. The number of hydrogen-bond acceptors (Lipinski definition) is 4. The van der Waals surface area contributed by atoms with Gasteiger partial charge in [0.25, 0.3) is 5.89 Å². The lowest BCUT2D eigenvalue weighted by Crippen LogP contribution is -1.92. The Morgan fingerprint density at radius 2 is 2.21 bits per heavy atom. The zero-order valence-corrected chi connectivity index (χ0v) is 11.2. The topological polar surface area (TPSA) is 51.0 Å². The summed E-state index contributed by atoms with van der Waals surface area (Å²) in [6.45, 7) is 5.51. The molecule has 0 spiro atoms. The van der Waals surface area contributed by atoms with Crippen molar-refractivity contribution in [1.82, 2.24) is 10.1 Å². The van der Waals surface area contributed by atoms with E-state index >= 15 is 0 Å². The lowest BCUT2D eigenvalue weighted by Gasteiger charge is -2.00. The van der Waals surface area contributed by atoms with E-state index in [4.69, 9.17) is 4.52 Å². The predicted octanol–water partition coefficient (Wildman–Crippen LogP) is 3.22. The van der Waals surface area contributed by atoms with Crippen molar-refractivity contribution >= 4 is 5.69 Å². The minimum Gasteiger partial charge on any atom is -0.384 e. The quantitative estimate of drug-likeness (QED) is 0.895. The third kappa shape index (κ3) is 1.74. The van der Waals surface area contributed by atoms with E-state index in [1.807, 2.05) is 6.07 Å². The van der Waals surface area contributed by atoms with Gasteiger partial charge in [-0.25, -0.2) is 0 Å². The number of anilines is 1. The first kappa shape index (κ1) is 11.0. The summed E-state index contributed by atoms with van der Waals surface area (Å²) in [6.07, 6.45) is 2.22.